The van der Waals surface area contributed by atoms with Gasteiger partial charge >= 0.3 is 12.1 Å². The van der Waals surface area contributed by atoms with Gasteiger partial charge in [-0.25, -0.2) is 0 Å². The summed E-state index contributed by atoms with van der Waals surface area (Å²) in [6.07, 6.45) is -1.86. The SMILES string of the molecule is CC[C@@H](C(=O)[C@@H](C)[C@@H](O)[C@H](C)[C@@H]1O[C@@H]([C@@H](CC)C(=O)O)CC[C@@H]1C)[C@H]1O[C@]2(C=C[C@@H](NC(=O)CCC(F)(F)F)[C@]3(CC[C@@](C)([C@H]4CC[C@](O)(CC)[C@H](C)O4)O3)O2)[C@H](C)C[C@@H]1C. The molecule has 12 nitrogen and oxygen atoms in total. The van der Waals surface area contributed by atoms with Crippen LogP contribution in [0.25, 0.3) is 0 Å². The second kappa shape index (κ2) is 19.1. The summed E-state index contributed by atoms with van der Waals surface area (Å²) in [7, 11) is 0. The third-order valence-corrected chi connectivity index (χ3v) is 15.4. The van der Waals surface area contributed by atoms with Crippen LogP contribution < -0.4 is 5.32 Å². The molecule has 350 valence electrons. The first kappa shape index (κ1) is 49.9. The number of nitrogens with one attached hydrogen (secondary N) is 1. The number of amides is 1. The van der Waals surface area contributed by atoms with Crippen molar-refractivity contribution in [1.82, 2.24) is 5.32 Å². The van der Waals surface area contributed by atoms with Crippen molar-refractivity contribution in [3.8, 4) is 0 Å². The smallest absolute Gasteiger partial charge is 0.389 e. The third kappa shape index (κ3) is 10.4. The number of carboxylic acid groups (broad SMARTS) is 1. The maximum absolute atomic E-state index is 14.6. The standard InChI is InChI=1S/C46H74F3NO11/c1-11-31(41(54)55)33-15-14-25(4)39(58-33)29(8)37(52)28(7)38(53)32(12-2)40-26(5)24-27(6)44(59-40)20-16-34(50-36(51)18-21-46(47,48)49)45(61-44)23-22-42(10,60-45)35-17-19-43(56,13-3)30(9)57-35/h16,20,25-35,37,39-40,52,56H,11-15,17-19,21-24H2,1-10H3,(H,50,51)(H,54,55)/t25-,26-,27+,28-,29-,30-,31+,32-,33+,34+,35+,37+,39+,40-,42-,43+,44-,45-/m0/s1. The van der Waals surface area contributed by atoms with Crippen LogP contribution in [0.3, 0.4) is 0 Å². The fourth-order valence-corrected chi connectivity index (χ4v) is 11.2. The highest BCUT2D eigenvalue weighted by Crippen LogP contribution is 2.54. The van der Waals surface area contributed by atoms with Gasteiger partial charge in [0.05, 0.1) is 60.2 Å². The van der Waals surface area contributed by atoms with Crippen molar-refractivity contribution in [2.24, 2.45) is 41.4 Å². The van der Waals surface area contributed by atoms with Gasteiger partial charge in [-0.3, -0.25) is 14.4 Å². The second-order valence-electron chi connectivity index (χ2n) is 19.6. The average Bonchev–Trinajstić information content (AvgIpc) is 3.54. The summed E-state index contributed by atoms with van der Waals surface area (Å²) >= 11 is 0. The number of aliphatic carboxylic acids is 1. The van der Waals surface area contributed by atoms with Crippen LogP contribution in [0.2, 0.25) is 0 Å². The van der Waals surface area contributed by atoms with E-state index in [9.17, 15) is 42.9 Å². The van der Waals surface area contributed by atoms with E-state index < -0.39 is 120 Å². The number of rotatable bonds is 15. The van der Waals surface area contributed by atoms with Crippen LogP contribution in [0.4, 0.5) is 13.2 Å². The first-order chi connectivity index (χ1) is 28.4. The number of carbonyl (C=O) groups is 3. The monoisotopic (exact) mass is 874 g/mol. The molecule has 5 aliphatic rings. The second-order valence-corrected chi connectivity index (χ2v) is 19.6. The van der Waals surface area contributed by atoms with Crippen molar-refractivity contribution >= 4 is 17.7 Å². The van der Waals surface area contributed by atoms with E-state index in [0.29, 0.717) is 51.4 Å². The molecule has 61 heavy (non-hydrogen) atoms. The van der Waals surface area contributed by atoms with Crippen molar-refractivity contribution in [2.45, 2.75) is 218 Å². The van der Waals surface area contributed by atoms with Crippen LogP contribution in [0.1, 0.15) is 146 Å². The molecule has 2 spiro atoms. The van der Waals surface area contributed by atoms with Crippen molar-refractivity contribution in [3.05, 3.63) is 12.2 Å². The Morgan fingerprint density at radius 3 is 2.16 bits per heavy atom. The normalized spacial score (nSPS) is 41.9. The molecule has 0 aromatic carbocycles. The first-order valence-electron chi connectivity index (χ1n) is 23.0. The molecule has 0 radical (unpaired) electrons. The van der Waals surface area contributed by atoms with Crippen LogP contribution in [-0.4, -0.2) is 105 Å². The molecule has 5 rings (SSSR count). The minimum Gasteiger partial charge on any atom is -0.481 e. The predicted octanol–water partition coefficient (Wildman–Crippen LogP) is 7.65. The maximum Gasteiger partial charge on any atom is 0.389 e. The summed E-state index contributed by atoms with van der Waals surface area (Å²) in [5.41, 5.74) is -1.95. The van der Waals surface area contributed by atoms with Crippen LogP contribution in [0.5, 0.6) is 0 Å². The van der Waals surface area contributed by atoms with Gasteiger partial charge in [0.15, 0.2) is 11.6 Å². The van der Waals surface area contributed by atoms with Gasteiger partial charge in [-0.15, -0.1) is 0 Å². The number of aliphatic hydroxyl groups excluding tert-OH is 1. The maximum atomic E-state index is 14.6. The third-order valence-electron chi connectivity index (χ3n) is 15.4. The fourth-order valence-electron chi connectivity index (χ4n) is 11.2. The summed E-state index contributed by atoms with van der Waals surface area (Å²) in [5.74, 6) is -7.83. The van der Waals surface area contributed by atoms with Gasteiger partial charge in [-0.05, 0) is 89.5 Å². The number of Topliss-reactive ketones (excluding diaryl/α,β-unsaturated/α-hetero) is 1. The number of hydrogen-bond donors (Lipinski definition) is 4. The van der Waals surface area contributed by atoms with Crippen LogP contribution in [0, 0.1) is 41.4 Å². The summed E-state index contributed by atoms with van der Waals surface area (Å²) in [5, 5.41) is 35.5. The lowest BCUT2D eigenvalue weighted by molar-refractivity contribution is -0.398. The largest absolute Gasteiger partial charge is 0.481 e. The average molecular weight is 874 g/mol. The number of hydrogen-bond acceptors (Lipinski definition) is 10. The van der Waals surface area contributed by atoms with E-state index in [0.717, 1.165) is 6.42 Å². The molecule has 4 N–H and O–H groups in total. The lowest BCUT2D eigenvalue weighted by Crippen LogP contribution is -2.65. The number of carbonyl (C=O) groups excluding carboxylic acids is 2. The molecule has 1 amide bonds. The molecule has 5 aliphatic heterocycles. The molecule has 4 saturated heterocycles. The number of ketones is 1. The predicted molar refractivity (Wildman–Crippen MR) is 220 cm³/mol. The zero-order valence-corrected chi connectivity index (χ0v) is 38.0. The molecule has 0 saturated carbocycles. The summed E-state index contributed by atoms with van der Waals surface area (Å²) in [4.78, 5) is 39.7. The van der Waals surface area contributed by atoms with Crippen molar-refractivity contribution < 1.29 is 66.6 Å². The summed E-state index contributed by atoms with van der Waals surface area (Å²) in [6.45, 7) is 19.0. The highest BCUT2D eigenvalue weighted by molar-refractivity contribution is 5.84. The highest BCUT2D eigenvalue weighted by atomic mass is 19.4. The molecule has 18 atom stereocenters. The zero-order valence-electron chi connectivity index (χ0n) is 38.0. The molecule has 0 unspecified atom stereocenters. The zero-order chi connectivity index (χ0) is 45.5. The van der Waals surface area contributed by atoms with Crippen molar-refractivity contribution in [1.29, 1.82) is 0 Å². The lowest BCUT2D eigenvalue weighted by Gasteiger charge is -2.55. The van der Waals surface area contributed by atoms with Gasteiger partial charge in [0.1, 0.15) is 11.8 Å². The molecule has 0 aromatic rings. The number of aliphatic hydroxyl groups is 2. The first-order valence-corrected chi connectivity index (χ1v) is 23.0. The van der Waals surface area contributed by atoms with E-state index in [2.05, 4.69) is 5.32 Å². The number of halogens is 3. The number of ether oxygens (including phenoxy) is 5. The number of carboxylic acids is 1. The Morgan fingerprint density at radius 1 is 0.902 bits per heavy atom. The van der Waals surface area contributed by atoms with Gasteiger partial charge in [-0.1, -0.05) is 61.5 Å². The molecule has 5 heterocycles. The summed E-state index contributed by atoms with van der Waals surface area (Å²) in [6, 6.07) is -0.977. The quantitative estimate of drug-likeness (QED) is 0.119. The van der Waals surface area contributed by atoms with Crippen molar-refractivity contribution in [2.75, 3.05) is 0 Å². The van der Waals surface area contributed by atoms with Gasteiger partial charge in [0.25, 0.3) is 0 Å². The Morgan fingerprint density at radius 2 is 1.57 bits per heavy atom. The molecule has 15 heteroatoms. The lowest BCUT2D eigenvalue weighted by atomic mass is 9.72. The minimum absolute atomic E-state index is 0.0487. The molecular weight excluding hydrogens is 799 g/mol. The molecular formula is C46H74F3NO11. The van der Waals surface area contributed by atoms with E-state index >= 15 is 0 Å². The van der Waals surface area contributed by atoms with E-state index in [1.165, 1.54) is 0 Å². The Hall–Kier alpha value is -2.14. The topological polar surface area (TPSA) is 170 Å². The Kier molecular flexibility index (Phi) is 15.6. The number of alkyl halides is 3. The molecule has 0 aliphatic carbocycles. The van der Waals surface area contributed by atoms with E-state index in [1.807, 2.05) is 62.3 Å². The molecule has 0 aromatic heterocycles. The molecule has 4 fully saturated rings. The van der Waals surface area contributed by atoms with E-state index in [1.54, 1.807) is 19.1 Å². The van der Waals surface area contributed by atoms with Crippen molar-refractivity contribution in [3.63, 3.8) is 0 Å². The minimum atomic E-state index is -4.52. The van der Waals surface area contributed by atoms with Crippen LogP contribution in [-0.2, 0) is 38.1 Å². The Labute approximate surface area is 360 Å². The van der Waals surface area contributed by atoms with E-state index in [4.69, 9.17) is 23.7 Å². The summed E-state index contributed by atoms with van der Waals surface area (Å²) < 4.78 is 73.4. The van der Waals surface area contributed by atoms with Crippen LogP contribution in [0.15, 0.2) is 12.2 Å². The van der Waals surface area contributed by atoms with Gasteiger partial charge in [0, 0.05) is 36.5 Å². The van der Waals surface area contributed by atoms with Crippen LogP contribution >= 0.6 is 0 Å². The molecule has 0 bridgehead atoms. The van der Waals surface area contributed by atoms with Gasteiger partial charge in [-0.2, -0.15) is 13.2 Å². The van der Waals surface area contributed by atoms with Gasteiger partial charge < -0.3 is 44.3 Å². The fraction of sp³-hybridized carbons (Fsp3) is 0.891. The van der Waals surface area contributed by atoms with Gasteiger partial charge in [0.2, 0.25) is 5.91 Å². The Bertz CT molecular complexity index is 1580. The van der Waals surface area contributed by atoms with E-state index in [-0.39, 0.29) is 30.0 Å². The Balaban J connectivity index is 1.39. The highest BCUT2D eigenvalue weighted by Gasteiger charge is 2.63.